The van der Waals surface area contributed by atoms with Gasteiger partial charge in [-0.2, -0.15) is 0 Å². The van der Waals surface area contributed by atoms with Crippen molar-refractivity contribution in [3.63, 3.8) is 0 Å². The minimum absolute atomic E-state index is 0.0997. The lowest BCUT2D eigenvalue weighted by Crippen LogP contribution is -2.30. The molecule has 6 heteroatoms. The fourth-order valence-electron chi connectivity index (χ4n) is 5.28. The first-order chi connectivity index (χ1) is 20.7. The lowest BCUT2D eigenvalue weighted by Gasteiger charge is -2.23. The molecule has 4 aromatic carbocycles. The number of hydrogen-bond acceptors (Lipinski definition) is 3. The summed E-state index contributed by atoms with van der Waals surface area (Å²) >= 11 is 0. The lowest BCUT2D eigenvalue weighted by atomic mass is 9.91. The molecule has 2 heterocycles. The monoisotopic (exact) mass is 555 g/mol. The van der Waals surface area contributed by atoms with E-state index in [9.17, 15) is 9.18 Å². The number of rotatable bonds is 10. The fraction of sp³-hybridized carbons (Fsp3) is 0.111. The van der Waals surface area contributed by atoms with Gasteiger partial charge < -0.3 is 14.5 Å². The first-order valence-electron chi connectivity index (χ1n) is 13.9. The largest absolute Gasteiger partial charge is 0.485 e. The van der Waals surface area contributed by atoms with Gasteiger partial charge in [-0.25, -0.2) is 9.37 Å². The van der Waals surface area contributed by atoms with Gasteiger partial charge in [0, 0.05) is 24.7 Å². The van der Waals surface area contributed by atoms with Gasteiger partial charge in [-0.15, -0.1) is 0 Å². The number of nitrogens with one attached hydrogen (secondary N) is 1. The van der Waals surface area contributed by atoms with Crippen LogP contribution in [0.4, 0.5) is 4.39 Å². The van der Waals surface area contributed by atoms with E-state index in [1.54, 1.807) is 12.3 Å². The lowest BCUT2D eigenvalue weighted by molar-refractivity contribution is -0.121. The van der Waals surface area contributed by atoms with Crippen molar-refractivity contribution in [2.75, 3.05) is 0 Å². The van der Waals surface area contributed by atoms with Crippen LogP contribution in [0.25, 0.3) is 5.65 Å². The Labute approximate surface area is 244 Å². The number of ether oxygens (including phenoxy) is 1. The Morgan fingerprint density at radius 1 is 0.786 bits per heavy atom. The van der Waals surface area contributed by atoms with Crippen LogP contribution in [0.3, 0.4) is 0 Å². The molecule has 42 heavy (non-hydrogen) atoms. The Balaban J connectivity index is 1.32. The average Bonchev–Trinajstić information content (AvgIpc) is 3.47. The van der Waals surface area contributed by atoms with E-state index in [1.807, 2.05) is 120 Å². The van der Waals surface area contributed by atoms with Crippen molar-refractivity contribution in [3.05, 3.63) is 174 Å². The van der Waals surface area contributed by atoms with Gasteiger partial charge in [-0.3, -0.25) is 4.79 Å². The number of aromatic nitrogens is 2. The second-order valence-electron chi connectivity index (χ2n) is 10.2. The normalized spacial score (nSPS) is 11.9. The van der Waals surface area contributed by atoms with E-state index < -0.39 is 5.92 Å². The maximum Gasteiger partial charge on any atom is 0.221 e. The van der Waals surface area contributed by atoms with Gasteiger partial charge in [0.15, 0.2) is 11.4 Å². The Morgan fingerprint density at radius 3 is 2.10 bits per heavy atom. The zero-order chi connectivity index (χ0) is 28.7. The molecule has 0 unspecified atom stereocenters. The molecule has 0 saturated heterocycles. The summed E-state index contributed by atoms with van der Waals surface area (Å²) in [5.41, 5.74) is 5.11. The van der Waals surface area contributed by atoms with Crippen molar-refractivity contribution in [3.8, 4) is 5.75 Å². The van der Waals surface area contributed by atoms with Crippen LogP contribution in [0.5, 0.6) is 5.75 Å². The van der Waals surface area contributed by atoms with Crippen LogP contribution in [-0.2, 0) is 11.4 Å². The van der Waals surface area contributed by atoms with Gasteiger partial charge in [0.1, 0.15) is 12.4 Å². The number of hydrogen-bond donors (Lipinski definition) is 1. The van der Waals surface area contributed by atoms with Crippen LogP contribution < -0.4 is 10.1 Å². The molecular weight excluding hydrogens is 525 g/mol. The maximum absolute atomic E-state index is 14.5. The number of benzene rings is 4. The van der Waals surface area contributed by atoms with E-state index >= 15 is 0 Å². The number of imidazole rings is 1. The molecule has 0 aliphatic rings. The Bertz CT molecular complexity index is 1730. The predicted molar refractivity (Wildman–Crippen MR) is 162 cm³/mol. The SMILES string of the molecule is O=C(C[C@H](c1cccc(F)c1)c1cnc2c(OCc3ccccc3)cccn12)NC(c1ccccc1)c1ccccc1. The molecule has 0 aliphatic carbocycles. The number of nitrogens with zero attached hydrogens (tertiary/aromatic N) is 2. The molecular formula is C36H30FN3O2. The molecule has 6 rings (SSSR count). The van der Waals surface area contributed by atoms with E-state index in [-0.39, 0.29) is 24.2 Å². The molecule has 1 N–H and O–H groups in total. The number of halogens is 1. The number of carbonyl (C=O) groups is 1. The molecule has 6 aromatic rings. The molecule has 1 amide bonds. The summed E-state index contributed by atoms with van der Waals surface area (Å²) in [7, 11) is 0. The number of fused-ring (bicyclic) bond motifs is 1. The second kappa shape index (κ2) is 12.5. The molecule has 5 nitrogen and oxygen atoms in total. The van der Waals surface area contributed by atoms with Gasteiger partial charge >= 0.3 is 0 Å². The van der Waals surface area contributed by atoms with Crippen molar-refractivity contribution in [2.45, 2.75) is 25.0 Å². The summed E-state index contributed by atoms with van der Waals surface area (Å²) in [6, 6.07) is 39.6. The summed E-state index contributed by atoms with van der Waals surface area (Å²) in [6.45, 7) is 0.402. The van der Waals surface area contributed by atoms with Crippen molar-refractivity contribution >= 4 is 11.6 Å². The Morgan fingerprint density at radius 2 is 1.43 bits per heavy atom. The summed E-state index contributed by atoms with van der Waals surface area (Å²) in [4.78, 5) is 18.4. The third kappa shape index (κ3) is 6.08. The van der Waals surface area contributed by atoms with Crippen molar-refractivity contribution < 1.29 is 13.9 Å². The molecule has 0 fully saturated rings. The minimum atomic E-state index is -0.452. The highest BCUT2D eigenvalue weighted by Crippen LogP contribution is 2.32. The minimum Gasteiger partial charge on any atom is -0.485 e. The predicted octanol–water partition coefficient (Wildman–Crippen LogP) is 7.48. The van der Waals surface area contributed by atoms with Gasteiger partial charge in [-0.05, 0) is 46.5 Å². The van der Waals surface area contributed by atoms with Gasteiger partial charge in [0.25, 0.3) is 0 Å². The fourth-order valence-corrected chi connectivity index (χ4v) is 5.28. The second-order valence-corrected chi connectivity index (χ2v) is 10.2. The first kappa shape index (κ1) is 27.0. The van der Waals surface area contributed by atoms with Crippen LogP contribution >= 0.6 is 0 Å². The smallest absolute Gasteiger partial charge is 0.221 e. The van der Waals surface area contributed by atoms with Gasteiger partial charge in [-0.1, -0.05) is 103 Å². The zero-order valence-electron chi connectivity index (χ0n) is 22.9. The summed E-state index contributed by atoms with van der Waals surface area (Å²) in [5.74, 6) is -0.339. The molecule has 0 bridgehead atoms. The molecule has 0 spiro atoms. The first-order valence-corrected chi connectivity index (χ1v) is 13.9. The number of amides is 1. The van der Waals surface area contributed by atoms with Crippen LogP contribution in [0, 0.1) is 5.82 Å². The third-order valence-electron chi connectivity index (χ3n) is 7.33. The topological polar surface area (TPSA) is 55.6 Å². The summed E-state index contributed by atoms with van der Waals surface area (Å²) in [6.07, 6.45) is 3.75. The molecule has 0 saturated carbocycles. The average molecular weight is 556 g/mol. The molecule has 2 aromatic heterocycles. The molecule has 0 aliphatic heterocycles. The van der Waals surface area contributed by atoms with Crippen molar-refractivity contribution in [1.29, 1.82) is 0 Å². The molecule has 1 atom stereocenters. The summed E-state index contributed by atoms with van der Waals surface area (Å²) < 4.78 is 22.5. The third-order valence-corrected chi connectivity index (χ3v) is 7.33. The Hall–Kier alpha value is -5.23. The highest BCUT2D eigenvalue weighted by Gasteiger charge is 2.25. The Kier molecular flexibility index (Phi) is 8.04. The standard InChI is InChI=1S/C36H30FN3O2/c37-30-19-10-18-29(22-30)31(23-34(41)39-35(27-14-6-2-7-15-27)28-16-8-3-9-17-28)32-24-38-36-33(20-11-21-40(32)36)42-25-26-12-4-1-5-13-26/h1-22,24,31,35H,23,25H2,(H,39,41)/t31-/m1/s1. The zero-order valence-corrected chi connectivity index (χ0v) is 22.9. The highest BCUT2D eigenvalue weighted by atomic mass is 19.1. The number of carbonyl (C=O) groups excluding carboxylic acids is 1. The van der Waals surface area contributed by atoms with Crippen molar-refractivity contribution in [2.24, 2.45) is 0 Å². The van der Waals surface area contributed by atoms with E-state index in [4.69, 9.17) is 4.74 Å². The van der Waals surface area contributed by atoms with Crippen molar-refractivity contribution in [1.82, 2.24) is 14.7 Å². The summed E-state index contributed by atoms with van der Waals surface area (Å²) in [5, 5.41) is 3.24. The van der Waals surface area contributed by atoms with Crippen LogP contribution in [-0.4, -0.2) is 15.3 Å². The van der Waals surface area contributed by atoms with Crippen LogP contribution in [0.1, 0.15) is 46.3 Å². The van der Waals surface area contributed by atoms with Gasteiger partial charge in [0.05, 0.1) is 11.7 Å². The molecule has 0 radical (unpaired) electrons. The van der Waals surface area contributed by atoms with E-state index in [2.05, 4.69) is 10.3 Å². The van der Waals surface area contributed by atoms with E-state index in [0.29, 0.717) is 23.6 Å². The molecule has 208 valence electrons. The van der Waals surface area contributed by atoms with Gasteiger partial charge in [0.2, 0.25) is 5.91 Å². The van der Waals surface area contributed by atoms with Crippen LogP contribution in [0.15, 0.2) is 140 Å². The van der Waals surface area contributed by atoms with E-state index in [0.717, 1.165) is 22.4 Å². The highest BCUT2D eigenvalue weighted by molar-refractivity contribution is 5.78. The maximum atomic E-state index is 14.5. The quantitative estimate of drug-likeness (QED) is 0.191. The number of pyridine rings is 1. The van der Waals surface area contributed by atoms with E-state index in [1.165, 1.54) is 12.1 Å². The van der Waals surface area contributed by atoms with Crippen LogP contribution in [0.2, 0.25) is 0 Å².